The summed E-state index contributed by atoms with van der Waals surface area (Å²) in [6, 6.07) is 2.10. The van der Waals surface area contributed by atoms with Gasteiger partial charge in [0.1, 0.15) is 6.07 Å². The van der Waals surface area contributed by atoms with E-state index >= 15 is 0 Å². The zero-order valence-corrected chi connectivity index (χ0v) is 18.9. The summed E-state index contributed by atoms with van der Waals surface area (Å²) in [6.45, 7) is 4.76. The van der Waals surface area contributed by atoms with Crippen molar-refractivity contribution in [3.05, 3.63) is 18.0 Å². The molecule has 0 aliphatic heterocycles. The maximum absolute atomic E-state index is 13.3. The van der Waals surface area contributed by atoms with Gasteiger partial charge in [0, 0.05) is 12.1 Å². The summed E-state index contributed by atoms with van der Waals surface area (Å²) in [5, 5.41) is 24.0. The van der Waals surface area contributed by atoms with Crippen LogP contribution in [-0.2, 0) is 11.3 Å². The average molecular weight is 422 g/mol. The van der Waals surface area contributed by atoms with E-state index in [0.29, 0.717) is 34.6 Å². The summed E-state index contributed by atoms with van der Waals surface area (Å²) >= 11 is 0. The van der Waals surface area contributed by atoms with E-state index in [-0.39, 0.29) is 11.3 Å². The van der Waals surface area contributed by atoms with Crippen LogP contribution in [0.4, 0.5) is 0 Å². The first-order valence-electron chi connectivity index (χ1n) is 12.4. The molecule has 0 amide bonds. The van der Waals surface area contributed by atoms with Crippen LogP contribution in [0.2, 0.25) is 0 Å². The molecule has 5 aliphatic rings. The van der Waals surface area contributed by atoms with Gasteiger partial charge >= 0.3 is 0 Å². The second-order valence-electron chi connectivity index (χ2n) is 12.4. The van der Waals surface area contributed by atoms with Crippen LogP contribution >= 0.6 is 0 Å². The molecule has 5 aliphatic carbocycles. The van der Waals surface area contributed by atoms with Gasteiger partial charge < -0.3 is 5.11 Å². The SMILES string of the molecule is C[C@@]1(O)CC[C@@]23C[C@@]2(CC[C@H]2[C@@H]4CC[C@H](C(=O)Cn5cc(C#N)cn5)[C@@]4(C)CC[C@@H]23)C1. The van der Waals surface area contributed by atoms with Crippen molar-refractivity contribution in [3.8, 4) is 6.07 Å². The molecule has 1 aromatic heterocycles. The second-order valence-corrected chi connectivity index (χ2v) is 12.4. The summed E-state index contributed by atoms with van der Waals surface area (Å²) in [6.07, 6.45) is 15.0. The van der Waals surface area contributed by atoms with Gasteiger partial charge in [-0.15, -0.1) is 0 Å². The molecule has 0 spiro atoms. The Kier molecular flexibility index (Phi) is 4.01. The number of hydrogen-bond donors (Lipinski definition) is 1. The minimum absolute atomic E-state index is 0.120. The smallest absolute Gasteiger partial charge is 0.157 e. The molecule has 5 fully saturated rings. The number of aromatic nitrogens is 2. The summed E-state index contributed by atoms with van der Waals surface area (Å²) < 4.78 is 1.65. The molecule has 6 rings (SSSR count). The van der Waals surface area contributed by atoms with Gasteiger partial charge in [0.2, 0.25) is 0 Å². The second kappa shape index (κ2) is 6.22. The predicted molar refractivity (Wildman–Crippen MR) is 116 cm³/mol. The van der Waals surface area contributed by atoms with Crippen molar-refractivity contribution in [3.63, 3.8) is 0 Å². The number of carbonyl (C=O) groups is 1. The van der Waals surface area contributed by atoms with E-state index in [9.17, 15) is 9.90 Å². The van der Waals surface area contributed by atoms with Crippen molar-refractivity contribution in [1.82, 2.24) is 9.78 Å². The van der Waals surface area contributed by atoms with E-state index in [1.807, 2.05) is 0 Å². The fraction of sp³-hybridized carbons (Fsp3) is 0.808. The fourth-order valence-electron chi connectivity index (χ4n) is 9.72. The van der Waals surface area contributed by atoms with Crippen LogP contribution in [0.1, 0.15) is 83.6 Å². The van der Waals surface area contributed by atoms with Crippen molar-refractivity contribution in [2.24, 2.45) is 39.9 Å². The molecule has 0 radical (unpaired) electrons. The summed E-state index contributed by atoms with van der Waals surface area (Å²) in [5.74, 6) is 2.68. The third kappa shape index (κ3) is 2.64. The summed E-state index contributed by atoms with van der Waals surface area (Å²) in [5.41, 5.74) is 1.11. The van der Waals surface area contributed by atoms with Gasteiger partial charge in [0.25, 0.3) is 0 Å². The molecule has 1 aromatic rings. The van der Waals surface area contributed by atoms with Gasteiger partial charge in [-0.3, -0.25) is 9.48 Å². The Balaban J connectivity index is 1.21. The van der Waals surface area contributed by atoms with Crippen molar-refractivity contribution in [2.45, 2.75) is 90.2 Å². The number of ketones is 1. The van der Waals surface area contributed by atoms with Crippen molar-refractivity contribution >= 4 is 5.78 Å². The minimum Gasteiger partial charge on any atom is -0.390 e. The van der Waals surface area contributed by atoms with E-state index in [0.717, 1.165) is 31.1 Å². The van der Waals surface area contributed by atoms with Gasteiger partial charge in [-0.05, 0) is 105 Å². The summed E-state index contributed by atoms with van der Waals surface area (Å²) in [7, 11) is 0. The molecule has 166 valence electrons. The van der Waals surface area contributed by atoms with E-state index in [1.165, 1.54) is 44.9 Å². The number of aliphatic hydroxyl groups is 1. The molecular formula is C26H35N3O2. The van der Waals surface area contributed by atoms with Crippen LogP contribution in [0.15, 0.2) is 12.4 Å². The molecule has 8 atom stereocenters. The number of hydrogen-bond acceptors (Lipinski definition) is 4. The molecule has 5 heteroatoms. The molecular weight excluding hydrogens is 386 g/mol. The Morgan fingerprint density at radius 2 is 2.00 bits per heavy atom. The van der Waals surface area contributed by atoms with Crippen LogP contribution in [0.5, 0.6) is 0 Å². The largest absolute Gasteiger partial charge is 0.390 e. The lowest BCUT2D eigenvalue weighted by atomic mass is 9.48. The number of Topliss-reactive ketones (excluding diaryl/α,β-unsaturated/α-hetero) is 1. The van der Waals surface area contributed by atoms with E-state index in [1.54, 1.807) is 17.1 Å². The monoisotopic (exact) mass is 421 g/mol. The van der Waals surface area contributed by atoms with Gasteiger partial charge in [0.15, 0.2) is 5.78 Å². The highest BCUT2D eigenvalue weighted by Crippen LogP contribution is 2.83. The number of carbonyl (C=O) groups excluding carboxylic acids is 1. The first-order valence-corrected chi connectivity index (χ1v) is 12.4. The van der Waals surface area contributed by atoms with Crippen molar-refractivity contribution in [2.75, 3.05) is 0 Å². The Hall–Kier alpha value is -1.67. The Labute approximate surface area is 185 Å². The first-order chi connectivity index (χ1) is 14.7. The number of nitrogens with zero attached hydrogens (tertiary/aromatic N) is 3. The third-order valence-electron chi connectivity index (χ3n) is 11.0. The molecule has 0 unspecified atom stereocenters. The molecule has 1 N–H and O–H groups in total. The molecule has 1 heterocycles. The lowest BCUT2D eigenvalue weighted by Gasteiger charge is -2.56. The van der Waals surface area contributed by atoms with Gasteiger partial charge in [-0.25, -0.2) is 0 Å². The van der Waals surface area contributed by atoms with Crippen LogP contribution in [0.3, 0.4) is 0 Å². The average Bonchev–Trinajstić information content (AvgIpc) is 3.00. The summed E-state index contributed by atoms with van der Waals surface area (Å²) in [4.78, 5) is 13.3. The number of fused-ring (bicyclic) bond motifs is 3. The van der Waals surface area contributed by atoms with Gasteiger partial charge in [-0.2, -0.15) is 10.4 Å². The first kappa shape index (κ1) is 20.0. The number of rotatable bonds is 3. The topological polar surface area (TPSA) is 78.9 Å². The number of nitriles is 1. The normalized spacial score (nSPS) is 49.9. The van der Waals surface area contributed by atoms with Crippen LogP contribution in [0.25, 0.3) is 0 Å². The van der Waals surface area contributed by atoms with Crippen LogP contribution in [0, 0.1) is 51.2 Å². The van der Waals surface area contributed by atoms with Crippen LogP contribution < -0.4 is 0 Å². The molecule has 31 heavy (non-hydrogen) atoms. The zero-order chi connectivity index (χ0) is 21.6. The zero-order valence-electron chi connectivity index (χ0n) is 18.9. The lowest BCUT2D eigenvalue weighted by Crippen LogP contribution is -2.51. The molecule has 5 saturated carbocycles. The van der Waals surface area contributed by atoms with Crippen molar-refractivity contribution < 1.29 is 9.90 Å². The standard InChI is InChI=1S/C26H35N3O2/c1-23(31)9-10-26-16-25(26,15-23)8-5-18-19-3-4-21(24(19,2)7-6-20(18)26)22(30)14-29-13-17(11-27)12-28-29/h12-13,18-21,31H,3-10,14-16H2,1-2H3/t18-,19-,20-,21+,23+,24-,25+,26-/m0/s1. The highest BCUT2D eigenvalue weighted by Gasteiger charge is 2.76. The van der Waals surface area contributed by atoms with E-state index in [4.69, 9.17) is 5.26 Å². The maximum Gasteiger partial charge on any atom is 0.157 e. The molecule has 0 bridgehead atoms. The highest BCUT2D eigenvalue weighted by molar-refractivity contribution is 5.82. The van der Waals surface area contributed by atoms with E-state index < -0.39 is 5.60 Å². The Morgan fingerprint density at radius 3 is 2.77 bits per heavy atom. The Morgan fingerprint density at radius 1 is 1.16 bits per heavy atom. The fourth-order valence-corrected chi connectivity index (χ4v) is 9.72. The highest BCUT2D eigenvalue weighted by atomic mass is 16.3. The predicted octanol–water partition coefficient (Wildman–Crippen LogP) is 4.49. The molecule has 5 nitrogen and oxygen atoms in total. The van der Waals surface area contributed by atoms with Crippen LogP contribution in [-0.4, -0.2) is 26.3 Å². The van der Waals surface area contributed by atoms with Gasteiger partial charge in [-0.1, -0.05) is 6.92 Å². The third-order valence-corrected chi connectivity index (χ3v) is 11.0. The lowest BCUT2D eigenvalue weighted by molar-refractivity contribution is -0.133. The Bertz CT molecular complexity index is 976. The maximum atomic E-state index is 13.3. The van der Waals surface area contributed by atoms with Crippen molar-refractivity contribution in [1.29, 1.82) is 5.26 Å². The minimum atomic E-state index is -0.460. The van der Waals surface area contributed by atoms with Gasteiger partial charge in [0.05, 0.1) is 23.9 Å². The van der Waals surface area contributed by atoms with E-state index in [2.05, 4.69) is 25.0 Å². The quantitative estimate of drug-likeness (QED) is 0.780. The molecule has 0 aromatic carbocycles. The molecule has 0 saturated heterocycles.